The molecule has 9 nitrogen and oxygen atoms in total. The third kappa shape index (κ3) is 7.68. The largest absolute Gasteiger partial charge is 0.432 e. The lowest BCUT2D eigenvalue weighted by molar-refractivity contribution is -0.140. The normalized spacial score (nSPS) is 12.3. The molecule has 0 radical (unpaired) electrons. The van der Waals surface area contributed by atoms with Gasteiger partial charge in [-0.15, -0.1) is 0 Å². The fourth-order valence-corrected chi connectivity index (χ4v) is 3.38. The standard InChI is InChI=1S/C24H29F3N6O3/c1-2-33(21-8-5-17(12-29-21)23-31-14-20(32-23)24(25,26)27)10-9-28-18-6-3-16(4-7-18)11-22(36)30-13-19(35)15-34/h3-8,12,14,19,28,34-35H,2,9-11,13,15H2,1H3,(H,30,36)(H,31,32). The quantitative estimate of drug-likeness (QED) is 0.255. The van der Waals surface area contributed by atoms with E-state index < -0.39 is 24.6 Å². The van der Waals surface area contributed by atoms with Gasteiger partial charge in [0, 0.05) is 43.6 Å². The summed E-state index contributed by atoms with van der Waals surface area (Å²) in [6, 6.07) is 10.8. The van der Waals surface area contributed by atoms with Gasteiger partial charge in [-0.25, -0.2) is 9.97 Å². The van der Waals surface area contributed by atoms with Crippen LogP contribution in [0.15, 0.2) is 48.8 Å². The van der Waals surface area contributed by atoms with E-state index in [9.17, 15) is 23.1 Å². The molecular formula is C24H29F3N6O3. The Morgan fingerprint density at radius 3 is 2.47 bits per heavy atom. The van der Waals surface area contributed by atoms with Gasteiger partial charge in [0.05, 0.1) is 25.3 Å². The molecule has 0 bridgehead atoms. The zero-order valence-corrected chi connectivity index (χ0v) is 19.7. The van der Waals surface area contributed by atoms with Crippen molar-refractivity contribution in [3.8, 4) is 11.4 Å². The van der Waals surface area contributed by atoms with Crippen LogP contribution in [-0.4, -0.2) is 70.0 Å². The minimum Gasteiger partial charge on any atom is -0.394 e. The molecule has 0 aliphatic heterocycles. The molecule has 12 heteroatoms. The lowest BCUT2D eigenvalue weighted by Gasteiger charge is -2.22. The van der Waals surface area contributed by atoms with E-state index in [1.165, 1.54) is 6.20 Å². The van der Waals surface area contributed by atoms with Crippen molar-refractivity contribution in [2.24, 2.45) is 0 Å². The number of pyridine rings is 1. The first kappa shape index (κ1) is 27.0. The molecule has 0 fully saturated rings. The molecule has 1 unspecified atom stereocenters. The second-order valence-corrected chi connectivity index (χ2v) is 8.07. The van der Waals surface area contributed by atoms with Gasteiger partial charge in [0.15, 0.2) is 0 Å². The van der Waals surface area contributed by atoms with Gasteiger partial charge < -0.3 is 30.7 Å². The molecule has 0 aliphatic carbocycles. The van der Waals surface area contributed by atoms with Crippen molar-refractivity contribution in [1.29, 1.82) is 0 Å². The molecule has 3 rings (SSSR count). The first-order valence-electron chi connectivity index (χ1n) is 11.4. The minimum absolute atomic E-state index is 0.00230. The Morgan fingerprint density at radius 1 is 1.14 bits per heavy atom. The SMILES string of the molecule is CCN(CCNc1ccc(CC(=O)NCC(O)CO)cc1)c1ccc(-c2ncc(C(F)(F)F)[nH]2)cn1. The first-order chi connectivity index (χ1) is 17.2. The summed E-state index contributed by atoms with van der Waals surface area (Å²) < 4.78 is 38.3. The number of likely N-dealkylation sites (N-methyl/N-ethyl adjacent to an activating group) is 1. The Morgan fingerprint density at radius 2 is 1.89 bits per heavy atom. The molecule has 1 aromatic carbocycles. The monoisotopic (exact) mass is 506 g/mol. The topological polar surface area (TPSA) is 126 Å². The van der Waals surface area contributed by atoms with Crippen LogP contribution in [0.1, 0.15) is 18.2 Å². The van der Waals surface area contributed by atoms with Crippen LogP contribution in [0.4, 0.5) is 24.7 Å². The number of imidazole rings is 1. The maximum Gasteiger partial charge on any atom is 0.432 e. The van der Waals surface area contributed by atoms with Crippen molar-refractivity contribution in [3.63, 3.8) is 0 Å². The van der Waals surface area contributed by atoms with E-state index >= 15 is 0 Å². The summed E-state index contributed by atoms with van der Waals surface area (Å²) in [6.07, 6.45) is -3.04. The van der Waals surface area contributed by atoms with Crippen LogP contribution in [0.5, 0.6) is 0 Å². The van der Waals surface area contributed by atoms with Gasteiger partial charge in [-0.2, -0.15) is 13.2 Å². The van der Waals surface area contributed by atoms with Crippen molar-refractivity contribution >= 4 is 17.4 Å². The van der Waals surface area contributed by atoms with Crippen molar-refractivity contribution in [2.45, 2.75) is 25.6 Å². The number of aliphatic hydroxyl groups is 2. The molecule has 5 N–H and O–H groups in total. The Kier molecular flexibility index (Phi) is 9.25. The zero-order chi connectivity index (χ0) is 26.1. The number of anilines is 2. The fourth-order valence-electron chi connectivity index (χ4n) is 3.38. The number of hydrogen-bond donors (Lipinski definition) is 5. The maximum absolute atomic E-state index is 12.8. The average molecular weight is 507 g/mol. The van der Waals surface area contributed by atoms with E-state index in [2.05, 4.69) is 25.6 Å². The number of nitrogens with one attached hydrogen (secondary N) is 3. The second kappa shape index (κ2) is 12.4. The van der Waals surface area contributed by atoms with Crippen LogP contribution in [0, 0.1) is 0 Å². The van der Waals surface area contributed by atoms with Crippen LogP contribution in [0.3, 0.4) is 0 Å². The molecule has 0 saturated heterocycles. The van der Waals surface area contributed by atoms with Crippen molar-refractivity contribution in [3.05, 3.63) is 60.0 Å². The molecule has 1 atom stereocenters. The number of amides is 1. The van der Waals surface area contributed by atoms with E-state index in [0.29, 0.717) is 31.0 Å². The molecular weight excluding hydrogens is 477 g/mol. The summed E-state index contributed by atoms with van der Waals surface area (Å²) in [6.45, 7) is 3.52. The third-order valence-electron chi connectivity index (χ3n) is 5.38. The maximum atomic E-state index is 12.8. The van der Waals surface area contributed by atoms with Gasteiger partial charge in [-0.05, 0) is 36.8 Å². The van der Waals surface area contributed by atoms with E-state index in [4.69, 9.17) is 5.11 Å². The van der Waals surface area contributed by atoms with Crippen LogP contribution >= 0.6 is 0 Å². The average Bonchev–Trinajstić information content (AvgIpc) is 3.37. The predicted octanol–water partition coefficient (Wildman–Crippen LogP) is 2.44. The van der Waals surface area contributed by atoms with Gasteiger partial charge in [0.1, 0.15) is 17.3 Å². The van der Waals surface area contributed by atoms with Crippen LogP contribution in [0.25, 0.3) is 11.4 Å². The summed E-state index contributed by atoms with van der Waals surface area (Å²) >= 11 is 0. The number of carbonyl (C=O) groups is 1. The minimum atomic E-state index is -4.48. The highest BCUT2D eigenvalue weighted by molar-refractivity contribution is 5.78. The van der Waals surface area contributed by atoms with Crippen molar-refractivity contribution in [1.82, 2.24) is 20.3 Å². The number of hydrogen-bond acceptors (Lipinski definition) is 7. The highest BCUT2D eigenvalue weighted by Crippen LogP contribution is 2.29. The number of carbonyl (C=O) groups excluding carboxylic acids is 1. The summed E-state index contributed by atoms with van der Waals surface area (Å²) in [7, 11) is 0. The molecule has 2 aromatic heterocycles. The van der Waals surface area contributed by atoms with E-state index in [-0.39, 0.29) is 24.7 Å². The van der Waals surface area contributed by atoms with Gasteiger partial charge in [0.25, 0.3) is 0 Å². The summed E-state index contributed by atoms with van der Waals surface area (Å²) in [5.41, 5.74) is 1.25. The number of benzene rings is 1. The number of aromatic amines is 1. The van der Waals surface area contributed by atoms with Crippen LogP contribution in [0.2, 0.25) is 0 Å². The second-order valence-electron chi connectivity index (χ2n) is 8.07. The number of rotatable bonds is 12. The van der Waals surface area contributed by atoms with Crippen LogP contribution in [-0.2, 0) is 17.4 Å². The first-order valence-corrected chi connectivity index (χ1v) is 11.4. The molecule has 1 amide bonds. The number of H-pyrrole nitrogens is 1. The Balaban J connectivity index is 1.48. The molecule has 194 valence electrons. The Bertz CT molecular complexity index is 1100. The third-order valence-corrected chi connectivity index (χ3v) is 5.38. The van der Waals surface area contributed by atoms with Gasteiger partial charge >= 0.3 is 6.18 Å². The van der Waals surface area contributed by atoms with Crippen LogP contribution < -0.4 is 15.5 Å². The highest BCUT2D eigenvalue weighted by atomic mass is 19.4. The van der Waals surface area contributed by atoms with Gasteiger partial charge in [0.2, 0.25) is 5.91 Å². The number of aliphatic hydroxyl groups excluding tert-OH is 2. The predicted molar refractivity (Wildman–Crippen MR) is 129 cm³/mol. The van der Waals surface area contributed by atoms with Gasteiger partial charge in [-0.1, -0.05) is 12.1 Å². The summed E-state index contributed by atoms with van der Waals surface area (Å²) in [5, 5.41) is 23.9. The van der Waals surface area contributed by atoms with Crippen molar-refractivity contribution in [2.75, 3.05) is 43.0 Å². The highest BCUT2D eigenvalue weighted by Gasteiger charge is 2.33. The fraction of sp³-hybridized carbons (Fsp3) is 0.375. The summed E-state index contributed by atoms with van der Waals surface area (Å²) in [4.78, 5) is 24.4. The molecule has 3 aromatic rings. The zero-order valence-electron chi connectivity index (χ0n) is 19.7. The molecule has 2 heterocycles. The number of aromatic nitrogens is 3. The number of nitrogens with zero attached hydrogens (tertiary/aromatic N) is 3. The Labute approximate surface area is 206 Å². The number of alkyl halides is 3. The number of halogens is 3. The molecule has 0 saturated carbocycles. The van der Waals surface area contributed by atoms with E-state index in [1.54, 1.807) is 12.1 Å². The molecule has 0 spiro atoms. The van der Waals surface area contributed by atoms with Gasteiger partial charge in [-0.3, -0.25) is 4.79 Å². The molecule has 0 aliphatic rings. The van der Waals surface area contributed by atoms with E-state index in [1.807, 2.05) is 36.1 Å². The van der Waals surface area contributed by atoms with Crippen molar-refractivity contribution < 1.29 is 28.2 Å². The summed E-state index contributed by atoms with van der Waals surface area (Å²) in [5.74, 6) is 0.557. The lowest BCUT2D eigenvalue weighted by Crippen LogP contribution is -2.34. The molecule has 36 heavy (non-hydrogen) atoms. The van der Waals surface area contributed by atoms with E-state index in [0.717, 1.165) is 17.4 Å². The Hall–Kier alpha value is -3.64. The lowest BCUT2D eigenvalue weighted by atomic mass is 10.1. The smallest absolute Gasteiger partial charge is 0.394 e.